The van der Waals surface area contributed by atoms with Gasteiger partial charge in [-0.25, -0.2) is 0 Å². The van der Waals surface area contributed by atoms with E-state index in [-0.39, 0.29) is 36.1 Å². The van der Waals surface area contributed by atoms with Crippen molar-refractivity contribution in [2.45, 2.75) is 34.1 Å². The Bertz CT molecular complexity index is 669. The van der Waals surface area contributed by atoms with Crippen LogP contribution in [0.5, 0.6) is 5.75 Å². The van der Waals surface area contributed by atoms with Crippen LogP contribution in [0.3, 0.4) is 0 Å². The number of nitrogens with zero attached hydrogens (tertiary/aromatic N) is 1. The van der Waals surface area contributed by atoms with Crippen LogP contribution < -0.4 is 5.73 Å². The molecule has 0 radical (unpaired) electrons. The summed E-state index contributed by atoms with van der Waals surface area (Å²) in [7, 11) is 0. The number of hydrogen-bond acceptors (Lipinski definition) is 7. The van der Waals surface area contributed by atoms with E-state index >= 15 is 0 Å². The summed E-state index contributed by atoms with van der Waals surface area (Å²) in [5.74, 6) is -0.359. The summed E-state index contributed by atoms with van der Waals surface area (Å²) in [6, 6.07) is 5.49. The van der Waals surface area contributed by atoms with E-state index in [2.05, 4.69) is 16.3 Å². The number of benzene rings is 1. The van der Waals surface area contributed by atoms with E-state index < -0.39 is 0 Å². The summed E-state index contributed by atoms with van der Waals surface area (Å²) in [5, 5.41) is 10.0. The van der Waals surface area contributed by atoms with E-state index in [1.165, 1.54) is 0 Å². The number of para-hydroxylation sites is 1. The second kappa shape index (κ2) is 15.3. The lowest BCUT2D eigenvalue weighted by Gasteiger charge is -2.06. The van der Waals surface area contributed by atoms with Crippen LogP contribution in [0, 0.1) is 11.8 Å². The minimum atomic E-state index is -0.226. The number of nitrogens with two attached hydrogens (primary N) is 1. The van der Waals surface area contributed by atoms with Gasteiger partial charge in [-0.05, 0) is 18.1 Å². The van der Waals surface area contributed by atoms with Crippen molar-refractivity contribution >= 4 is 18.2 Å². The fraction of sp³-hybridized carbons (Fsp3) is 0.500. The molecule has 0 bridgehead atoms. The quantitative estimate of drug-likeness (QED) is 0.267. The van der Waals surface area contributed by atoms with E-state index in [0.29, 0.717) is 31.7 Å². The molecule has 1 rings (SSSR count). The Morgan fingerprint density at radius 1 is 1.14 bits per heavy atom. The average molecular weight is 407 g/mol. The average Bonchev–Trinajstić information content (AvgIpc) is 2.68. The normalized spacial score (nSPS) is 10.6. The molecule has 0 aliphatic carbocycles. The van der Waals surface area contributed by atoms with Crippen LogP contribution in [-0.4, -0.2) is 49.6 Å². The van der Waals surface area contributed by atoms with E-state index in [0.717, 1.165) is 5.56 Å². The second-order valence-corrected chi connectivity index (χ2v) is 6.82. The van der Waals surface area contributed by atoms with Gasteiger partial charge in [0.05, 0.1) is 18.4 Å². The van der Waals surface area contributed by atoms with Gasteiger partial charge in [0, 0.05) is 18.3 Å². The molecule has 162 valence electrons. The van der Waals surface area contributed by atoms with Crippen LogP contribution in [0.15, 0.2) is 35.8 Å². The fourth-order valence-corrected chi connectivity index (χ4v) is 1.89. The van der Waals surface area contributed by atoms with Crippen molar-refractivity contribution in [3.63, 3.8) is 0 Å². The monoisotopic (exact) mass is 406 g/mol. The number of carbonyl (C=O) groups is 2. The van der Waals surface area contributed by atoms with Crippen molar-refractivity contribution in [3.05, 3.63) is 42.0 Å². The zero-order valence-electron chi connectivity index (χ0n) is 17.9. The third-order valence-electron chi connectivity index (χ3n) is 3.52. The molecule has 0 amide bonds. The van der Waals surface area contributed by atoms with Crippen LogP contribution in [0.25, 0.3) is 0 Å². The number of esters is 2. The van der Waals surface area contributed by atoms with E-state index in [4.69, 9.17) is 10.5 Å². The number of phenols is 1. The molecule has 0 fully saturated rings. The molecule has 7 nitrogen and oxygen atoms in total. The summed E-state index contributed by atoms with van der Waals surface area (Å²) in [4.78, 5) is 26.0. The Morgan fingerprint density at radius 2 is 1.72 bits per heavy atom. The Morgan fingerprint density at radius 3 is 2.24 bits per heavy atom. The molecule has 1 aromatic rings. The maximum absolute atomic E-state index is 11.2. The number of ether oxygens (including phenoxy) is 2. The Hall–Kier alpha value is -2.67. The summed E-state index contributed by atoms with van der Waals surface area (Å²) in [6.07, 6.45) is 3.94. The molecule has 29 heavy (non-hydrogen) atoms. The zero-order chi connectivity index (χ0) is 22.2. The molecule has 0 aromatic heterocycles. The van der Waals surface area contributed by atoms with Gasteiger partial charge in [-0.1, -0.05) is 45.9 Å². The van der Waals surface area contributed by atoms with Gasteiger partial charge >= 0.3 is 11.9 Å². The highest BCUT2D eigenvalue weighted by atomic mass is 16.5. The molecule has 0 unspecified atom stereocenters. The number of phenolic OH excluding ortho intramolecular Hbond substituents is 1. The van der Waals surface area contributed by atoms with Crippen LogP contribution in [0.1, 0.15) is 38.8 Å². The maximum Gasteiger partial charge on any atom is 0.308 e. The molecular formula is C22H34N2O5. The van der Waals surface area contributed by atoms with Crippen LogP contribution in [0.4, 0.5) is 0 Å². The first kappa shape index (κ1) is 26.3. The molecule has 0 atom stereocenters. The predicted molar refractivity (Wildman–Crippen MR) is 115 cm³/mol. The van der Waals surface area contributed by atoms with Crippen molar-refractivity contribution in [3.8, 4) is 5.75 Å². The van der Waals surface area contributed by atoms with Crippen molar-refractivity contribution in [1.82, 2.24) is 0 Å². The molecule has 0 saturated heterocycles. The number of allylic oxidation sites excluding steroid dienone is 1. The number of hydrogen-bond donors (Lipinski definition) is 2. The predicted octanol–water partition coefficient (Wildman–Crippen LogP) is 2.88. The third-order valence-corrected chi connectivity index (χ3v) is 3.52. The van der Waals surface area contributed by atoms with E-state index in [1.54, 1.807) is 46.1 Å². The number of rotatable bonds is 10. The highest BCUT2D eigenvalue weighted by Crippen LogP contribution is 2.21. The Labute approximate surface area is 173 Å². The smallest absolute Gasteiger partial charge is 0.308 e. The van der Waals surface area contributed by atoms with Crippen molar-refractivity contribution in [2.24, 2.45) is 22.6 Å². The van der Waals surface area contributed by atoms with Gasteiger partial charge in [-0.15, -0.1) is 6.58 Å². The Kier molecular flexibility index (Phi) is 13.9. The van der Waals surface area contributed by atoms with Gasteiger partial charge in [-0.3, -0.25) is 14.6 Å². The first-order chi connectivity index (χ1) is 13.7. The van der Waals surface area contributed by atoms with E-state index in [1.807, 2.05) is 12.1 Å². The maximum atomic E-state index is 11.2. The topological polar surface area (TPSA) is 111 Å². The van der Waals surface area contributed by atoms with Gasteiger partial charge in [0.2, 0.25) is 0 Å². The minimum absolute atomic E-state index is 0.0449. The number of carbonyl (C=O) groups excluding carboxylic acids is 2. The molecule has 7 heteroatoms. The van der Waals surface area contributed by atoms with Crippen molar-refractivity contribution < 1.29 is 24.2 Å². The number of aliphatic imine (C=N–C) groups is 1. The second-order valence-electron chi connectivity index (χ2n) is 6.82. The molecule has 0 aliphatic rings. The number of aromatic hydroxyl groups is 1. The SMILES string of the molecule is C=CCc1cccc(C=NCCOC(=O)C(C)C)c1O.CC(C)C(=O)OCCN. The van der Waals surface area contributed by atoms with Gasteiger partial charge in [0.15, 0.2) is 0 Å². The lowest BCUT2D eigenvalue weighted by atomic mass is 10.1. The lowest BCUT2D eigenvalue weighted by molar-refractivity contribution is -0.147. The van der Waals surface area contributed by atoms with Crippen LogP contribution in [-0.2, 0) is 25.5 Å². The Balaban J connectivity index is 0.000000734. The molecule has 3 N–H and O–H groups in total. The third kappa shape index (κ3) is 11.7. The van der Waals surface area contributed by atoms with Crippen molar-refractivity contribution in [1.29, 1.82) is 0 Å². The molecule has 0 spiro atoms. The standard InChI is InChI=1S/C16H21NO3.C6H13NO2/c1-4-6-13-7-5-8-14(15(13)18)11-17-9-10-20-16(19)12(2)3;1-5(2)6(8)9-4-3-7/h4-5,7-8,11-12,18H,1,6,9-10H2,2-3H3;5H,3-4,7H2,1-2H3. The minimum Gasteiger partial charge on any atom is -0.507 e. The summed E-state index contributed by atoms with van der Waals surface area (Å²) in [6.45, 7) is 12.2. The van der Waals surface area contributed by atoms with Crippen molar-refractivity contribution in [2.75, 3.05) is 26.3 Å². The largest absolute Gasteiger partial charge is 0.507 e. The van der Waals surface area contributed by atoms with Gasteiger partial charge in [-0.2, -0.15) is 0 Å². The zero-order valence-corrected chi connectivity index (χ0v) is 17.9. The van der Waals surface area contributed by atoms with Crippen LogP contribution >= 0.6 is 0 Å². The molecule has 0 heterocycles. The molecule has 1 aromatic carbocycles. The van der Waals surface area contributed by atoms with Gasteiger partial charge in [0.25, 0.3) is 0 Å². The molecule has 0 saturated carbocycles. The summed E-state index contributed by atoms with van der Waals surface area (Å²) in [5.41, 5.74) is 6.57. The highest BCUT2D eigenvalue weighted by molar-refractivity contribution is 5.84. The van der Waals surface area contributed by atoms with Gasteiger partial charge < -0.3 is 20.3 Å². The summed E-state index contributed by atoms with van der Waals surface area (Å²) < 4.78 is 9.69. The molecule has 0 aliphatic heterocycles. The first-order valence-electron chi connectivity index (χ1n) is 9.69. The van der Waals surface area contributed by atoms with Gasteiger partial charge in [0.1, 0.15) is 19.0 Å². The summed E-state index contributed by atoms with van der Waals surface area (Å²) >= 11 is 0. The first-order valence-corrected chi connectivity index (χ1v) is 9.69. The fourth-order valence-electron chi connectivity index (χ4n) is 1.89. The lowest BCUT2D eigenvalue weighted by Crippen LogP contribution is -2.17. The van der Waals surface area contributed by atoms with E-state index in [9.17, 15) is 14.7 Å². The molecular weight excluding hydrogens is 372 g/mol. The highest BCUT2D eigenvalue weighted by Gasteiger charge is 2.07. The van der Waals surface area contributed by atoms with Crippen LogP contribution in [0.2, 0.25) is 0 Å².